The fraction of sp³-hybridized carbons (Fsp3) is 0.800. The molecule has 0 unspecified atom stereocenters. The molecule has 1 aliphatic rings. The molecule has 0 atom stereocenters. The zero-order valence-electron chi connectivity index (χ0n) is 9.45. The van der Waals surface area contributed by atoms with Gasteiger partial charge in [-0.05, 0) is 20.8 Å². The van der Waals surface area contributed by atoms with E-state index < -0.39 is 11.7 Å². The highest BCUT2D eigenvalue weighted by atomic mass is 16.6. The molecule has 0 bridgehead atoms. The second kappa shape index (κ2) is 4.51. The molecule has 0 aromatic rings. The fourth-order valence-corrected chi connectivity index (χ4v) is 1.37. The lowest BCUT2D eigenvalue weighted by Gasteiger charge is -2.36. The maximum atomic E-state index is 11.2. The summed E-state index contributed by atoms with van der Waals surface area (Å²) in [5.74, 6) is 0.364. The van der Waals surface area contributed by atoms with Gasteiger partial charge in [-0.25, -0.2) is 4.79 Å². The number of nitrogens with one attached hydrogen (secondary N) is 1. The van der Waals surface area contributed by atoms with Gasteiger partial charge in [-0.2, -0.15) is 0 Å². The van der Waals surface area contributed by atoms with Crippen LogP contribution in [0.2, 0.25) is 0 Å². The summed E-state index contributed by atoms with van der Waals surface area (Å²) in [4.78, 5) is 23.2. The largest absolute Gasteiger partial charge is 0.444 e. The van der Waals surface area contributed by atoms with Gasteiger partial charge < -0.3 is 15.0 Å². The van der Waals surface area contributed by atoms with Crippen molar-refractivity contribution in [1.82, 2.24) is 10.2 Å². The zero-order valence-corrected chi connectivity index (χ0v) is 9.45. The summed E-state index contributed by atoms with van der Waals surface area (Å²) in [5, 5.41) is 2.68. The summed E-state index contributed by atoms with van der Waals surface area (Å²) in [6, 6.07) is 0. The van der Waals surface area contributed by atoms with E-state index in [2.05, 4.69) is 5.32 Å². The molecule has 0 saturated carbocycles. The van der Waals surface area contributed by atoms with E-state index in [0.29, 0.717) is 12.5 Å². The highest BCUT2D eigenvalue weighted by molar-refractivity contribution is 5.67. The van der Waals surface area contributed by atoms with Crippen LogP contribution in [0.15, 0.2) is 0 Å². The Balaban J connectivity index is 2.11. The molecule has 1 rings (SSSR count). The second-order valence-corrected chi connectivity index (χ2v) is 4.81. The molecule has 1 N–H and O–H groups in total. The molecule has 0 aliphatic carbocycles. The third-order valence-electron chi connectivity index (χ3n) is 2.07. The normalized spacial score (nSPS) is 16.9. The van der Waals surface area contributed by atoms with Crippen molar-refractivity contribution in [2.24, 2.45) is 5.92 Å². The van der Waals surface area contributed by atoms with Crippen LogP contribution < -0.4 is 5.32 Å². The summed E-state index contributed by atoms with van der Waals surface area (Å²) in [6.45, 7) is 7.48. The molecule has 15 heavy (non-hydrogen) atoms. The maximum absolute atomic E-state index is 11.2. The van der Waals surface area contributed by atoms with Gasteiger partial charge in [0.25, 0.3) is 0 Å². The number of hydrogen-bond acceptors (Lipinski definition) is 3. The average molecular weight is 214 g/mol. The zero-order chi connectivity index (χ0) is 11.5. The number of amides is 2. The first-order chi connectivity index (χ1) is 6.90. The lowest BCUT2D eigenvalue weighted by atomic mass is 10.0. The van der Waals surface area contributed by atoms with E-state index in [-0.39, 0.29) is 0 Å². The quantitative estimate of drug-likeness (QED) is 0.700. The first-order valence-corrected chi connectivity index (χ1v) is 5.07. The second-order valence-electron chi connectivity index (χ2n) is 4.81. The monoisotopic (exact) mass is 214 g/mol. The number of alkyl carbamates (subject to hydrolysis) is 1. The number of rotatable bonds is 3. The molecule has 1 saturated heterocycles. The molecule has 0 radical (unpaired) electrons. The van der Waals surface area contributed by atoms with E-state index in [1.807, 2.05) is 20.8 Å². The van der Waals surface area contributed by atoms with E-state index in [1.54, 1.807) is 4.90 Å². The predicted molar refractivity (Wildman–Crippen MR) is 55.4 cm³/mol. The molecular formula is C10H18N2O3. The number of ether oxygens (including phenoxy) is 1. The summed E-state index contributed by atoms with van der Waals surface area (Å²) >= 11 is 0. The SMILES string of the molecule is CC(C)(C)OC(=O)NCC1CN(C=O)C1. The van der Waals surface area contributed by atoms with E-state index in [1.165, 1.54) is 0 Å². The summed E-state index contributed by atoms with van der Waals surface area (Å²) in [6.07, 6.45) is 0.427. The smallest absolute Gasteiger partial charge is 0.407 e. The van der Waals surface area contributed by atoms with E-state index >= 15 is 0 Å². The Hall–Kier alpha value is -1.26. The predicted octanol–water partition coefficient (Wildman–Crippen LogP) is 0.599. The van der Waals surface area contributed by atoms with Crippen LogP contribution in [0.25, 0.3) is 0 Å². The lowest BCUT2D eigenvalue weighted by molar-refractivity contribution is -0.123. The van der Waals surface area contributed by atoms with Crippen molar-refractivity contribution in [1.29, 1.82) is 0 Å². The number of likely N-dealkylation sites (tertiary alicyclic amines) is 1. The molecule has 1 heterocycles. The molecule has 1 aliphatic heterocycles. The third kappa shape index (κ3) is 4.18. The summed E-state index contributed by atoms with van der Waals surface area (Å²) in [5.41, 5.74) is -0.460. The maximum Gasteiger partial charge on any atom is 0.407 e. The Morgan fingerprint density at radius 2 is 2.13 bits per heavy atom. The van der Waals surface area contributed by atoms with Gasteiger partial charge in [0.05, 0.1) is 0 Å². The Kier molecular flexibility index (Phi) is 3.55. The minimum absolute atomic E-state index is 0.364. The van der Waals surface area contributed by atoms with Crippen LogP contribution in [0.5, 0.6) is 0 Å². The van der Waals surface area contributed by atoms with Crippen LogP contribution in [0.4, 0.5) is 4.79 Å². The molecular weight excluding hydrogens is 196 g/mol. The van der Waals surface area contributed by atoms with Crippen molar-refractivity contribution < 1.29 is 14.3 Å². The third-order valence-corrected chi connectivity index (χ3v) is 2.07. The molecule has 0 spiro atoms. The first kappa shape index (κ1) is 11.8. The van der Waals surface area contributed by atoms with Gasteiger partial charge >= 0.3 is 6.09 Å². The minimum Gasteiger partial charge on any atom is -0.444 e. The lowest BCUT2D eigenvalue weighted by Crippen LogP contribution is -2.50. The molecule has 0 aromatic heterocycles. The molecule has 1 fully saturated rings. The van der Waals surface area contributed by atoms with Crippen molar-refractivity contribution in [2.45, 2.75) is 26.4 Å². The van der Waals surface area contributed by atoms with Gasteiger partial charge in [0.15, 0.2) is 0 Å². The van der Waals surface area contributed by atoms with Gasteiger partial charge in [0, 0.05) is 25.6 Å². The minimum atomic E-state index is -0.460. The Labute approximate surface area is 89.8 Å². The highest BCUT2D eigenvalue weighted by Gasteiger charge is 2.26. The fourth-order valence-electron chi connectivity index (χ4n) is 1.37. The number of carbonyl (C=O) groups excluding carboxylic acids is 2. The van der Waals surface area contributed by atoms with Gasteiger partial charge in [0.2, 0.25) is 6.41 Å². The summed E-state index contributed by atoms with van der Waals surface area (Å²) < 4.78 is 5.08. The van der Waals surface area contributed by atoms with Crippen molar-refractivity contribution in [2.75, 3.05) is 19.6 Å². The van der Waals surface area contributed by atoms with Gasteiger partial charge in [-0.3, -0.25) is 4.79 Å². The molecule has 5 heteroatoms. The van der Waals surface area contributed by atoms with Crippen molar-refractivity contribution >= 4 is 12.5 Å². The van der Waals surface area contributed by atoms with Crippen LogP contribution in [0.1, 0.15) is 20.8 Å². The van der Waals surface area contributed by atoms with Crippen LogP contribution in [-0.2, 0) is 9.53 Å². The highest BCUT2D eigenvalue weighted by Crippen LogP contribution is 2.12. The molecule has 86 valence electrons. The Bertz CT molecular complexity index is 242. The number of hydrogen-bond donors (Lipinski definition) is 1. The number of carbonyl (C=O) groups is 2. The van der Waals surface area contributed by atoms with Crippen molar-refractivity contribution in [3.63, 3.8) is 0 Å². The van der Waals surface area contributed by atoms with Crippen LogP contribution in [0.3, 0.4) is 0 Å². The Morgan fingerprint density at radius 1 is 1.53 bits per heavy atom. The van der Waals surface area contributed by atoms with Crippen LogP contribution >= 0.6 is 0 Å². The van der Waals surface area contributed by atoms with Crippen LogP contribution in [-0.4, -0.2) is 42.6 Å². The first-order valence-electron chi connectivity index (χ1n) is 5.07. The van der Waals surface area contributed by atoms with Crippen molar-refractivity contribution in [3.8, 4) is 0 Å². The number of nitrogens with zero attached hydrogens (tertiary/aromatic N) is 1. The summed E-state index contributed by atoms with van der Waals surface area (Å²) in [7, 11) is 0. The van der Waals surface area contributed by atoms with Crippen LogP contribution in [0, 0.1) is 5.92 Å². The topological polar surface area (TPSA) is 58.6 Å². The van der Waals surface area contributed by atoms with Gasteiger partial charge in [-0.15, -0.1) is 0 Å². The van der Waals surface area contributed by atoms with Crippen molar-refractivity contribution in [3.05, 3.63) is 0 Å². The van der Waals surface area contributed by atoms with Gasteiger partial charge in [-0.1, -0.05) is 0 Å². The van der Waals surface area contributed by atoms with E-state index in [9.17, 15) is 9.59 Å². The average Bonchev–Trinajstić information content (AvgIpc) is 1.98. The molecule has 5 nitrogen and oxygen atoms in total. The Morgan fingerprint density at radius 3 is 2.60 bits per heavy atom. The molecule has 0 aromatic carbocycles. The molecule has 2 amide bonds. The van der Waals surface area contributed by atoms with E-state index in [4.69, 9.17) is 4.74 Å². The van der Waals surface area contributed by atoms with Gasteiger partial charge in [0.1, 0.15) is 5.60 Å². The standard InChI is InChI=1S/C10H18N2O3/c1-10(2,3)15-9(14)11-4-8-5-12(6-8)7-13/h7-8H,4-6H2,1-3H3,(H,11,14). The van der Waals surface area contributed by atoms with E-state index in [0.717, 1.165) is 19.5 Å².